The minimum atomic E-state index is 0.0454. The van der Waals surface area contributed by atoms with Gasteiger partial charge in [0.15, 0.2) is 0 Å². The van der Waals surface area contributed by atoms with Crippen molar-refractivity contribution in [1.29, 1.82) is 0 Å². The van der Waals surface area contributed by atoms with Crippen LogP contribution >= 0.6 is 34.8 Å². The summed E-state index contributed by atoms with van der Waals surface area (Å²) in [6, 6.07) is 5.37. The zero-order valence-corrected chi connectivity index (χ0v) is 12.7. The number of carbonyl (C=O) groups excluding carboxylic acids is 1. The lowest BCUT2D eigenvalue weighted by atomic mass is 10.1. The Kier molecular flexibility index (Phi) is 6.27. The highest BCUT2D eigenvalue weighted by molar-refractivity contribution is 6.42. The minimum Gasteiger partial charge on any atom is -0.339 e. The van der Waals surface area contributed by atoms with Crippen LogP contribution in [0.1, 0.15) is 19.4 Å². The number of hydrogen-bond donors (Lipinski definition) is 0. The maximum Gasteiger partial charge on any atom is 0.227 e. The Morgan fingerprint density at radius 1 is 1.28 bits per heavy atom. The number of nitrogens with zero attached hydrogens (tertiary/aromatic N) is 1. The Balaban J connectivity index is 2.76. The van der Waals surface area contributed by atoms with Crippen LogP contribution in [0.15, 0.2) is 18.2 Å². The average molecular weight is 309 g/mol. The number of amides is 1. The summed E-state index contributed by atoms with van der Waals surface area (Å²) >= 11 is 17.5. The Bertz CT molecular complexity index is 421. The molecule has 0 saturated carbocycles. The number of benzene rings is 1. The summed E-state index contributed by atoms with van der Waals surface area (Å²) < 4.78 is 0. The fourth-order valence-electron chi connectivity index (χ4n) is 1.69. The molecule has 0 aromatic heterocycles. The van der Waals surface area contributed by atoms with Crippen molar-refractivity contribution < 1.29 is 4.79 Å². The molecule has 100 valence electrons. The van der Waals surface area contributed by atoms with Crippen LogP contribution in [-0.2, 0) is 11.2 Å². The second-order valence-electron chi connectivity index (χ2n) is 4.30. The highest BCUT2D eigenvalue weighted by Crippen LogP contribution is 2.23. The van der Waals surface area contributed by atoms with Gasteiger partial charge in [0.2, 0.25) is 5.91 Å². The number of carbonyl (C=O) groups is 1. The molecule has 0 atom stereocenters. The fourth-order valence-corrected chi connectivity index (χ4v) is 2.19. The van der Waals surface area contributed by atoms with Crippen molar-refractivity contribution in [2.45, 2.75) is 26.3 Å². The maximum absolute atomic E-state index is 12.1. The molecule has 2 nitrogen and oxygen atoms in total. The highest BCUT2D eigenvalue weighted by Gasteiger charge is 2.16. The van der Waals surface area contributed by atoms with E-state index in [0.29, 0.717) is 28.9 Å². The average Bonchev–Trinajstić information content (AvgIpc) is 2.30. The molecule has 1 amide bonds. The van der Waals surface area contributed by atoms with Gasteiger partial charge >= 0.3 is 0 Å². The molecule has 0 unspecified atom stereocenters. The molecular formula is C13H16Cl3NO. The molecule has 1 aromatic carbocycles. The number of rotatable bonds is 5. The molecule has 0 aliphatic rings. The number of alkyl halides is 1. The Morgan fingerprint density at radius 2 is 1.94 bits per heavy atom. The molecule has 1 rings (SSSR count). The first-order chi connectivity index (χ1) is 8.45. The van der Waals surface area contributed by atoms with Crippen molar-refractivity contribution >= 4 is 40.7 Å². The summed E-state index contributed by atoms with van der Waals surface area (Å²) in [5.74, 6) is 0.481. The molecule has 0 heterocycles. The first kappa shape index (κ1) is 15.6. The lowest BCUT2D eigenvalue weighted by Gasteiger charge is -2.26. The Labute approximate surface area is 123 Å². The minimum absolute atomic E-state index is 0.0454. The van der Waals surface area contributed by atoms with Gasteiger partial charge in [-0.05, 0) is 31.5 Å². The fraction of sp³-hybridized carbons (Fsp3) is 0.462. The maximum atomic E-state index is 12.1. The van der Waals surface area contributed by atoms with Crippen molar-refractivity contribution in [1.82, 2.24) is 4.90 Å². The van der Waals surface area contributed by atoms with Crippen LogP contribution in [0.3, 0.4) is 0 Å². The van der Waals surface area contributed by atoms with E-state index in [1.807, 2.05) is 19.9 Å². The Morgan fingerprint density at radius 3 is 2.44 bits per heavy atom. The molecule has 1 aromatic rings. The van der Waals surface area contributed by atoms with Crippen LogP contribution in [0.25, 0.3) is 0 Å². The van der Waals surface area contributed by atoms with E-state index in [1.54, 1.807) is 17.0 Å². The van der Waals surface area contributed by atoms with E-state index in [2.05, 4.69) is 0 Å². The van der Waals surface area contributed by atoms with Crippen LogP contribution in [-0.4, -0.2) is 29.3 Å². The van der Waals surface area contributed by atoms with Gasteiger partial charge in [0.1, 0.15) is 0 Å². The molecule has 0 aliphatic heterocycles. The number of hydrogen-bond acceptors (Lipinski definition) is 1. The number of halogens is 3. The molecule has 18 heavy (non-hydrogen) atoms. The van der Waals surface area contributed by atoms with E-state index in [-0.39, 0.29) is 11.9 Å². The molecule has 0 radical (unpaired) electrons. The predicted molar refractivity (Wildman–Crippen MR) is 77.7 cm³/mol. The van der Waals surface area contributed by atoms with Gasteiger partial charge in [-0.25, -0.2) is 0 Å². The largest absolute Gasteiger partial charge is 0.339 e. The summed E-state index contributed by atoms with van der Waals surface area (Å²) in [6.07, 6.45) is 0.311. The molecular weight excluding hydrogens is 293 g/mol. The van der Waals surface area contributed by atoms with E-state index in [4.69, 9.17) is 34.8 Å². The van der Waals surface area contributed by atoms with E-state index in [0.717, 1.165) is 5.56 Å². The van der Waals surface area contributed by atoms with E-state index in [9.17, 15) is 4.79 Å². The van der Waals surface area contributed by atoms with Crippen LogP contribution in [0, 0.1) is 0 Å². The lowest BCUT2D eigenvalue weighted by Crippen LogP contribution is -2.39. The second-order valence-corrected chi connectivity index (χ2v) is 5.49. The van der Waals surface area contributed by atoms with Crippen LogP contribution in [0.5, 0.6) is 0 Å². The quantitative estimate of drug-likeness (QED) is 0.753. The van der Waals surface area contributed by atoms with Gasteiger partial charge in [-0.3, -0.25) is 4.79 Å². The summed E-state index contributed by atoms with van der Waals surface area (Å²) in [6.45, 7) is 4.50. The first-order valence-corrected chi connectivity index (χ1v) is 7.04. The summed E-state index contributed by atoms with van der Waals surface area (Å²) in [4.78, 5) is 13.9. The SMILES string of the molecule is CC(C)N(CCCl)C(=O)Cc1ccc(Cl)c(Cl)c1. The van der Waals surface area contributed by atoms with Gasteiger partial charge in [0.05, 0.1) is 16.5 Å². The monoisotopic (exact) mass is 307 g/mol. The molecule has 0 aliphatic carbocycles. The highest BCUT2D eigenvalue weighted by atomic mass is 35.5. The standard InChI is InChI=1S/C13H16Cl3NO/c1-9(2)17(6-5-14)13(18)8-10-3-4-11(15)12(16)7-10/h3-4,7,9H,5-6,8H2,1-2H3. The van der Waals surface area contributed by atoms with Crippen LogP contribution in [0.2, 0.25) is 10.0 Å². The van der Waals surface area contributed by atoms with Gasteiger partial charge in [-0.2, -0.15) is 0 Å². The van der Waals surface area contributed by atoms with Gasteiger partial charge in [0.25, 0.3) is 0 Å². The molecule has 0 saturated heterocycles. The third-order valence-electron chi connectivity index (χ3n) is 2.61. The smallest absolute Gasteiger partial charge is 0.227 e. The van der Waals surface area contributed by atoms with E-state index < -0.39 is 0 Å². The predicted octanol–water partition coefficient (Wildman–Crippen LogP) is 4.01. The van der Waals surface area contributed by atoms with Gasteiger partial charge in [-0.15, -0.1) is 11.6 Å². The van der Waals surface area contributed by atoms with Gasteiger partial charge < -0.3 is 4.90 Å². The summed E-state index contributed by atoms with van der Waals surface area (Å²) in [5.41, 5.74) is 0.856. The van der Waals surface area contributed by atoms with E-state index >= 15 is 0 Å². The van der Waals surface area contributed by atoms with Gasteiger partial charge in [0, 0.05) is 18.5 Å². The molecule has 0 bridgehead atoms. The zero-order valence-electron chi connectivity index (χ0n) is 10.4. The van der Waals surface area contributed by atoms with Crippen LogP contribution < -0.4 is 0 Å². The van der Waals surface area contributed by atoms with Crippen molar-refractivity contribution in [3.05, 3.63) is 33.8 Å². The zero-order chi connectivity index (χ0) is 13.7. The van der Waals surface area contributed by atoms with Gasteiger partial charge in [-0.1, -0.05) is 29.3 Å². The normalized spacial score (nSPS) is 10.8. The third-order valence-corrected chi connectivity index (χ3v) is 3.52. The van der Waals surface area contributed by atoms with Crippen molar-refractivity contribution in [2.24, 2.45) is 0 Å². The summed E-state index contributed by atoms with van der Waals surface area (Å²) in [7, 11) is 0. The van der Waals surface area contributed by atoms with Crippen LogP contribution in [0.4, 0.5) is 0 Å². The third kappa shape index (κ3) is 4.34. The molecule has 0 fully saturated rings. The second kappa shape index (κ2) is 7.22. The van der Waals surface area contributed by atoms with E-state index in [1.165, 1.54) is 0 Å². The lowest BCUT2D eigenvalue weighted by molar-refractivity contribution is -0.131. The Hall–Kier alpha value is -0.440. The summed E-state index contributed by atoms with van der Waals surface area (Å²) in [5, 5.41) is 0.963. The topological polar surface area (TPSA) is 20.3 Å². The first-order valence-electron chi connectivity index (χ1n) is 5.75. The van der Waals surface area contributed by atoms with Crippen molar-refractivity contribution in [3.63, 3.8) is 0 Å². The molecule has 0 spiro atoms. The molecule has 0 N–H and O–H groups in total. The van der Waals surface area contributed by atoms with Crippen molar-refractivity contribution in [3.8, 4) is 0 Å². The van der Waals surface area contributed by atoms with Crippen molar-refractivity contribution in [2.75, 3.05) is 12.4 Å². The molecule has 5 heteroatoms.